The van der Waals surface area contributed by atoms with Crippen LogP contribution in [0.1, 0.15) is 0 Å². The van der Waals surface area contributed by atoms with E-state index in [0.717, 1.165) is 58.6 Å². The smallest absolute Gasteiger partial charge is 0.173 e. The van der Waals surface area contributed by atoms with Gasteiger partial charge in [-0.3, -0.25) is 0 Å². The molecular weight excluding hydrogens is 414 g/mol. The van der Waals surface area contributed by atoms with Crippen LogP contribution in [-0.4, -0.2) is 50.4 Å². The van der Waals surface area contributed by atoms with Crippen LogP contribution in [0.15, 0.2) is 46.9 Å². The summed E-state index contributed by atoms with van der Waals surface area (Å²) >= 11 is 9.01. The summed E-state index contributed by atoms with van der Waals surface area (Å²) in [6, 6.07) is 13.9. The number of rotatable bonds is 4. The molecule has 5 nitrogen and oxygen atoms in total. The molecule has 0 aromatic heterocycles. The fraction of sp³-hybridized carbons (Fsp3) is 0.316. The highest BCUT2D eigenvalue weighted by atomic mass is 79.9. The lowest BCUT2D eigenvalue weighted by molar-refractivity contribution is 0.377. The summed E-state index contributed by atoms with van der Waals surface area (Å²) < 4.78 is 11.9. The van der Waals surface area contributed by atoms with Crippen LogP contribution in [0.2, 0.25) is 0 Å². The van der Waals surface area contributed by atoms with Gasteiger partial charge in [0, 0.05) is 42.4 Å². The molecule has 0 amide bonds. The quantitative estimate of drug-likeness (QED) is 0.731. The molecule has 7 heteroatoms. The van der Waals surface area contributed by atoms with E-state index in [1.54, 1.807) is 14.2 Å². The van der Waals surface area contributed by atoms with E-state index in [9.17, 15) is 0 Å². The molecule has 1 fully saturated rings. The number of methoxy groups -OCH3 is 2. The molecule has 0 saturated carbocycles. The van der Waals surface area contributed by atoms with Gasteiger partial charge in [-0.2, -0.15) is 0 Å². The summed E-state index contributed by atoms with van der Waals surface area (Å²) in [4.78, 5) is 4.51. The predicted octanol–water partition coefficient (Wildman–Crippen LogP) is 3.99. The van der Waals surface area contributed by atoms with Gasteiger partial charge >= 0.3 is 0 Å². The summed E-state index contributed by atoms with van der Waals surface area (Å²) in [5.41, 5.74) is 2.08. The zero-order valence-electron chi connectivity index (χ0n) is 14.9. The SMILES string of the molecule is COc1ccc(N2CCN(C(=S)Nc3ccc(Br)cc3)CC2)c(OC)c1. The van der Waals surface area contributed by atoms with E-state index in [0.29, 0.717) is 0 Å². The van der Waals surface area contributed by atoms with E-state index in [-0.39, 0.29) is 0 Å². The molecule has 0 atom stereocenters. The molecule has 0 aliphatic carbocycles. The van der Waals surface area contributed by atoms with Crippen molar-refractivity contribution in [3.05, 3.63) is 46.9 Å². The van der Waals surface area contributed by atoms with Gasteiger partial charge in [0.2, 0.25) is 0 Å². The molecule has 1 heterocycles. The van der Waals surface area contributed by atoms with Gasteiger partial charge < -0.3 is 24.6 Å². The second-order valence-electron chi connectivity index (χ2n) is 5.95. The van der Waals surface area contributed by atoms with E-state index in [4.69, 9.17) is 21.7 Å². The Hall–Kier alpha value is -1.99. The molecule has 0 unspecified atom stereocenters. The third-order valence-corrected chi connectivity index (χ3v) is 5.28. The fourth-order valence-corrected chi connectivity index (χ4v) is 3.50. The maximum absolute atomic E-state index is 5.57. The molecule has 1 N–H and O–H groups in total. The van der Waals surface area contributed by atoms with Gasteiger partial charge in [0.15, 0.2) is 5.11 Å². The number of benzene rings is 2. The Kier molecular flexibility index (Phi) is 6.21. The van der Waals surface area contributed by atoms with Crippen molar-refractivity contribution in [1.29, 1.82) is 0 Å². The molecule has 138 valence electrons. The number of hydrogen-bond donors (Lipinski definition) is 1. The number of nitrogens with one attached hydrogen (secondary N) is 1. The van der Waals surface area contributed by atoms with Crippen LogP contribution in [0.3, 0.4) is 0 Å². The topological polar surface area (TPSA) is 37.0 Å². The van der Waals surface area contributed by atoms with Crippen LogP contribution in [0.25, 0.3) is 0 Å². The molecule has 0 bridgehead atoms. The summed E-state index contributed by atoms with van der Waals surface area (Å²) in [6.07, 6.45) is 0. The Labute approximate surface area is 168 Å². The highest BCUT2D eigenvalue weighted by molar-refractivity contribution is 9.10. The molecule has 1 aliphatic rings. The van der Waals surface area contributed by atoms with Gasteiger partial charge in [-0.1, -0.05) is 15.9 Å². The monoisotopic (exact) mass is 435 g/mol. The van der Waals surface area contributed by atoms with E-state index >= 15 is 0 Å². The highest BCUT2D eigenvalue weighted by Gasteiger charge is 2.21. The number of nitrogens with zero attached hydrogens (tertiary/aromatic N) is 2. The van der Waals surface area contributed by atoms with Crippen LogP contribution >= 0.6 is 28.1 Å². The number of halogens is 1. The standard InChI is InChI=1S/C19H22BrN3O2S/c1-24-16-7-8-17(18(13-16)25-2)22-9-11-23(12-10-22)19(26)21-15-5-3-14(20)4-6-15/h3-8,13H,9-12H2,1-2H3,(H,21,26). The zero-order valence-corrected chi connectivity index (χ0v) is 17.3. The number of thiocarbonyl (C=S) groups is 1. The average molecular weight is 436 g/mol. The molecule has 3 rings (SSSR count). The van der Waals surface area contributed by atoms with Gasteiger partial charge in [-0.05, 0) is 48.6 Å². The van der Waals surface area contributed by atoms with Crippen LogP contribution in [0, 0.1) is 0 Å². The summed E-state index contributed by atoms with van der Waals surface area (Å²) in [5, 5.41) is 4.07. The average Bonchev–Trinajstić information content (AvgIpc) is 2.69. The molecule has 0 spiro atoms. The van der Waals surface area contributed by atoms with Crippen molar-refractivity contribution in [3.8, 4) is 11.5 Å². The van der Waals surface area contributed by atoms with Crippen LogP contribution in [-0.2, 0) is 0 Å². The van der Waals surface area contributed by atoms with Crippen molar-refractivity contribution < 1.29 is 9.47 Å². The molecule has 2 aromatic rings. The van der Waals surface area contributed by atoms with Crippen molar-refractivity contribution in [1.82, 2.24) is 4.90 Å². The first-order valence-electron chi connectivity index (χ1n) is 8.39. The lowest BCUT2D eigenvalue weighted by Crippen LogP contribution is -2.50. The van der Waals surface area contributed by atoms with Crippen molar-refractivity contribution in [3.63, 3.8) is 0 Å². The lowest BCUT2D eigenvalue weighted by Gasteiger charge is -2.37. The van der Waals surface area contributed by atoms with Gasteiger partial charge in [0.25, 0.3) is 0 Å². The zero-order chi connectivity index (χ0) is 18.5. The van der Waals surface area contributed by atoms with Crippen LogP contribution in [0.4, 0.5) is 11.4 Å². The second kappa shape index (κ2) is 8.60. The number of anilines is 2. The largest absolute Gasteiger partial charge is 0.497 e. The Bertz CT molecular complexity index is 762. The van der Waals surface area contributed by atoms with Crippen molar-refractivity contribution in [2.24, 2.45) is 0 Å². The van der Waals surface area contributed by atoms with Crippen molar-refractivity contribution in [2.75, 3.05) is 50.6 Å². The molecule has 1 aliphatic heterocycles. The molecule has 0 radical (unpaired) electrons. The fourth-order valence-electron chi connectivity index (χ4n) is 2.93. The van der Waals surface area contributed by atoms with Crippen LogP contribution in [0.5, 0.6) is 11.5 Å². The summed E-state index contributed by atoms with van der Waals surface area (Å²) in [5.74, 6) is 1.62. The second-order valence-corrected chi connectivity index (χ2v) is 7.25. The minimum atomic E-state index is 0.758. The predicted molar refractivity (Wildman–Crippen MR) is 114 cm³/mol. The minimum Gasteiger partial charge on any atom is -0.497 e. The summed E-state index contributed by atoms with van der Waals surface area (Å²) in [7, 11) is 3.35. The Morgan fingerprint density at radius 3 is 2.31 bits per heavy atom. The van der Waals surface area contributed by atoms with E-state index in [1.165, 1.54) is 0 Å². The first-order chi connectivity index (χ1) is 12.6. The third-order valence-electron chi connectivity index (χ3n) is 4.39. The number of ether oxygens (including phenoxy) is 2. The van der Waals surface area contributed by atoms with Gasteiger partial charge in [0.05, 0.1) is 19.9 Å². The van der Waals surface area contributed by atoms with Crippen LogP contribution < -0.4 is 19.7 Å². The van der Waals surface area contributed by atoms with E-state index in [2.05, 4.69) is 31.0 Å². The number of hydrogen-bond acceptors (Lipinski definition) is 4. The third kappa shape index (κ3) is 4.40. The Morgan fingerprint density at radius 1 is 1.00 bits per heavy atom. The molecular formula is C19H22BrN3O2S. The first kappa shape index (κ1) is 18.8. The van der Waals surface area contributed by atoms with E-state index in [1.807, 2.05) is 42.5 Å². The van der Waals surface area contributed by atoms with Gasteiger partial charge in [-0.15, -0.1) is 0 Å². The maximum Gasteiger partial charge on any atom is 0.173 e. The lowest BCUT2D eigenvalue weighted by atomic mass is 10.2. The van der Waals surface area contributed by atoms with Gasteiger partial charge in [-0.25, -0.2) is 0 Å². The van der Waals surface area contributed by atoms with Crippen molar-refractivity contribution in [2.45, 2.75) is 0 Å². The minimum absolute atomic E-state index is 0.758. The molecule has 2 aromatic carbocycles. The van der Waals surface area contributed by atoms with Gasteiger partial charge in [0.1, 0.15) is 11.5 Å². The first-order valence-corrected chi connectivity index (χ1v) is 9.59. The number of piperazine rings is 1. The van der Waals surface area contributed by atoms with Crippen molar-refractivity contribution >= 4 is 44.6 Å². The maximum atomic E-state index is 5.57. The Morgan fingerprint density at radius 2 is 1.69 bits per heavy atom. The Balaban J connectivity index is 1.60. The van der Waals surface area contributed by atoms with E-state index < -0.39 is 0 Å². The molecule has 26 heavy (non-hydrogen) atoms. The highest BCUT2D eigenvalue weighted by Crippen LogP contribution is 2.32. The normalized spacial score (nSPS) is 14.1. The molecule has 1 saturated heterocycles. The summed E-state index contributed by atoms with van der Waals surface area (Å²) in [6.45, 7) is 3.48.